The Balaban J connectivity index is 2.08. The summed E-state index contributed by atoms with van der Waals surface area (Å²) in [5, 5.41) is 10.3. The van der Waals surface area contributed by atoms with E-state index in [-0.39, 0.29) is 6.61 Å². The van der Waals surface area contributed by atoms with E-state index in [0.717, 1.165) is 26.7 Å². The molecular weight excluding hydrogens is 330 g/mol. The average molecular weight is 344 g/mol. The molecule has 0 spiro atoms. The summed E-state index contributed by atoms with van der Waals surface area (Å²) in [5.41, 5.74) is 2.51. The smallest absolute Gasteiger partial charge is 0.138 e. The van der Waals surface area contributed by atoms with E-state index >= 15 is 0 Å². The topological polar surface area (TPSA) is 42.4 Å². The normalized spacial score (nSPS) is 10.8. The predicted molar refractivity (Wildman–Crippen MR) is 86.6 cm³/mol. The summed E-state index contributed by atoms with van der Waals surface area (Å²) in [6.07, 6.45) is 0. The number of halogens is 1. The fourth-order valence-electron chi connectivity index (χ4n) is 2.17. The Morgan fingerprint density at radius 1 is 1.14 bits per heavy atom. The molecule has 0 atom stereocenters. The number of rotatable bonds is 3. The number of hydrogen-bond acceptors (Lipinski definition) is 3. The van der Waals surface area contributed by atoms with Crippen LogP contribution in [-0.4, -0.2) is 10.1 Å². The Hall–Kier alpha value is -1.91. The van der Waals surface area contributed by atoms with Crippen molar-refractivity contribution in [1.82, 2.24) is 4.98 Å². The van der Waals surface area contributed by atoms with Crippen molar-refractivity contribution in [3.05, 3.63) is 64.3 Å². The van der Waals surface area contributed by atoms with Gasteiger partial charge in [0.1, 0.15) is 11.5 Å². The molecule has 4 heteroatoms. The lowest BCUT2D eigenvalue weighted by Gasteiger charge is -2.11. The molecule has 0 saturated heterocycles. The lowest BCUT2D eigenvalue weighted by atomic mass is 10.2. The Bertz CT molecular complexity index is 802. The molecule has 0 bridgehead atoms. The second-order valence-corrected chi connectivity index (χ2v) is 5.65. The molecule has 0 fully saturated rings. The van der Waals surface area contributed by atoms with Gasteiger partial charge in [0.05, 0.1) is 17.8 Å². The zero-order chi connectivity index (χ0) is 14.8. The zero-order valence-electron chi connectivity index (χ0n) is 11.5. The van der Waals surface area contributed by atoms with Crippen molar-refractivity contribution < 1.29 is 9.84 Å². The maximum absolute atomic E-state index is 9.34. The molecule has 1 aromatic heterocycles. The van der Waals surface area contributed by atoms with Crippen LogP contribution in [0.15, 0.2) is 53.0 Å². The van der Waals surface area contributed by atoms with E-state index in [9.17, 15) is 5.11 Å². The van der Waals surface area contributed by atoms with Gasteiger partial charge >= 0.3 is 0 Å². The summed E-state index contributed by atoms with van der Waals surface area (Å²) in [6.45, 7) is 1.90. The van der Waals surface area contributed by atoms with Crippen molar-refractivity contribution in [2.75, 3.05) is 0 Å². The van der Waals surface area contributed by atoms with E-state index in [0.29, 0.717) is 11.4 Å². The first-order valence-corrected chi connectivity index (χ1v) is 7.40. The van der Waals surface area contributed by atoms with Crippen LogP contribution >= 0.6 is 15.9 Å². The van der Waals surface area contributed by atoms with E-state index in [4.69, 9.17) is 4.74 Å². The van der Waals surface area contributed by atoms with E-state index < -0.39 is 0 Å². The lowest BCUT2D eigenvalue weighted by molar-refractivity contribution is 0.277. The minimum absolute atomic E-state index is 0.111. The minimum atomic E-state index is -0.111. The summed E-state index contributed by atoms with van der Waals surface area (Å²) < 4.78 is 7.04. The highest BCUT2D eigenvalue weighted by molar-refractivity contribution is 9.10. The third-order valence-corrected chi connectivity index (χ3v) is 4.14. The number of aliphatic hydroxyl groups excluding tert-OH is 1. The molecule has 0 amide bonds. The second kappa shape index (κ2) is 5.84. The van der Waals surface area contributed by atoms with Gasteiger partial charge in [0.25, 0.3) is 0 Å². The minimum Gasteiger partial charge on any atom is -0.457 e. The number of aromatic nitrogens is 1. The molecule has 1 N–H and O–H groups in total. The van der Waals surface area contributed by atoms with E-state index in [2.05, 4.69) is 20.9 Å². The number of aliphatic hydroxyl groups is 1. The second-order valence-electron chi connectivity index (χ2n) is 4.80. The van der Waals surface area contributed by atoms with Gasteiger partial charge in [-0.05, 0) is 42.8 Å². The van der Waals surface area contributed by atoms with Gasteiger partial charge in [-0.3, -0.25) is 4.98 Å². The number of aryl methyl sites for hydroxylation is 1. The summed E-state index contributed by atoms with van der Waals surface area (Å²) in [6, 6.07) is 15.4. The van der Waals surface area contributed by atoms with Crippen LogP contribution in [0.1, 0.15) is 11.3 Å². The van der Waals surface area contributed by atoms with Crippen LogP contribution in [0, 0.1) is 6.92 Å². The molecule has 106 valence electrons. The number of nitrogens with zero attached hydrogens (tertiary/aromatic N) is 1. The number of hydrogen-bond donors (Lipinski definition) is 1. The standard InChI is InChI=1S/C17H14BrNO2/c1-11-8-13(6-7-15(11)18)21-17-9-12(10-20)19-16-5-3-2-4-14(16)17/h2-9,20H,10H2,1H3. The van der Waals surface area contributed by atoms with Crippen molar-refractivity contribution in [2.45, 2.75) is 13.5 Å². The molecule has 0 aliphatic heterocycles. The molecule has 0 aliphatic rings. The van der Waals surface area contributed by atoms with Gasteiger partial charge < -0.3 is 9.84 Å². The van der Waals surface area contributed by atoms with Gasteiger partial charge in [-0.15, -0.1) is 0 Å². The number of benzene rings is 2. The first-order valence-electron chi connectivity index (χ1n) is 6.61. The molecule has 0 radical (unpaired) electrons. The first-order chi connectivity index (χ1) is 10.2. The molecular formula is C17H14BrNO2. The first kappa shape index (κ1) is 14.0. The Labute approximate surface area is 131 Å². The van der Waals surface area contributed by atoms with Crippen molar-refractivity contribution in [2.24, 2.45) is 0 Å². The molecule has 1 heterocycles. The maximum atomic E-state index is 9.34. The number of para-hydroxylation sites is 1. The average Bonchev–Trinajstić information content (AvgIpc) is 2.51. The van der Waals surface area contributed by atoms with Crippen LogP contribution in [0.4, 0.5) is 0 Å². The van der Waals surface area contributed by atoms with Crippen LogP contribution in [0.3, 0.4) is 0 Å². The number of ether oxygens (including phenoxy) is 1. The fraction of sp³-hybridized carbons (Fsp3) is 0.118. The van der Waals surface area contributed by atoms with Gasteiger partial charge in [-0.1, -0.05) is 28.1 Å². The van der Waals surface area contributed by atoms with Crippen LogP contribution in [0.5, 0.6) is 11.5 Å². The highest BCUT2D eigenvalue weighted by atomic mass is 79.9. The van der Waals surface area contributed by atoms with Crippen molar-refractivity contribution in [3.8, 4) is 11.5 Å². The Morgan fingerprint density at radius 3 is 2.71 bits per heavy atom. The number of pyridine rings is 1. The molecule has 0 saturated carbocycles. The highest BCUT2D eigenvalue weighted by Gasteiger charge is 2.08. The fourth-order valence-corrected chi connectivity index (χ4v) is 2.42. The van der Waals surface area contributed by atoms with Crippen molar-refractivity contribution >= 4 is 26.8 Å². The molecule has 3 nitrogen and oxygen atoms in total. The SMILES string of the molecule is Cc1cc(Oc2cc(CO)nc3ccccc23)ccc1Br. The van der Waals surface area contributed by atoms with Crippen LogP contribution in [0.25, 0.3) is 10.9 Å². The molecule has 3 aromatic rings. The maximum Gasteiger partial charge on any atom is 0.138 e. The van der Waals surface area contributed by atoms with Crippen molar-refractivity contribution in [1.29, 1.82) is 0 Å². The summed E-state index contributed by atoms with van der Waals surface area (Å²) >= 11 is 3.48. The third kappa shape index (κ3) is 2.91. The Kier molecular flexibility index (Phi) is 3.90. The molecule has 0 aliphatic carbocycles. The van der Waals surface area contributed by atoms with Crippen LogP contribution < -0.4 is 4.74 Å². The predicted octanol–water partition coefficient (Wildman–Crippen LogP) is 4.59. The molecule has 3 rings (SSSR count). The third-order valence-electron chi connectivity index (χ3n) is 3.25. The zero-order valence-corrected chi connectivity index (χ0v) is 13.1. The van der Waals surface area contributed by atoms with Gasteiger partial charge in [0, 0.05) is 15.9 Å². The largest absolute Gasteiger partial charge is 0.457 e. The van der Waals surface area contributed by atoms with E-state index in [1.54, 1.807) is 6.07 Å². The van der Waals surface area contributed by atoms with Gasteiger partial charge in [0.15, 0.2) is 0 Å². The number of fused-ring (bicyclic) bond motifs is 1. The molecule has 2 aromatic carbocycles. The quantitative estimate of drug-likeness (QED) is 0.756. The van der Waals surface area contributed by atoms with E-state index in [1.807, 2.05) is 49.4 Å². The lowest BCUT2D eigenvalue weighted by Crippen LogP contribution is -1.94. The Morgan fingerprint density at radius 2 is 1.95 bits per heavy atom. The highest BCUT2D eigenvalue weighted by Crippen LogP contribution is 2.31. The molecule has 21 heavy (non-hydrogen) atoms. The summed E-state index contributed by atoms with van der Waals surface area (Å²) in [7, 11) is 0. The van der Waals surface area contributed by atoms with Crippen LogP contribution in [0.2, 0.25) is 0 Å². The van der Waals surface area contributed by atoms with Crippen molar-refractivity contribution in [3.63, 3.8) is 0 Å². The molecule has 0 unspecified atom stereocenters. The monoisotopic (exact) mass is 343 g/mol. The van der Waals surface area contributed by atoms with E-state index in [1.165, 1.54) is 0 Å². The summed E-state index contributed by atoms with van der Waals surface area (Å²) in [5.74, 6) is 1.46. The van der Waals surface area contributed by atoms with Gasteiger partial charge in [-0.25, -0.2) is 0 Å². The summed E-state index contributed by atoms with van der Waals surface area (Å²) in [4.78, 5) is 4.39. The van der Waals surface area contributed by atoms with Gasteiger partial charge in [-0.2, -0.15) is 0 Å². The van der Waals surface area contributed by atoms with Crippen LogP contribution in [-0.2, 0) is 6.61 Å². The van der Waals surface area contributed by atoms with Gasteiger partial charge in [0.2, 0.25) is 0 Å².